The van der Waals surface area contributed by atoms with E-state index in [-0.39, 0.29) is 21.5 Å². The molecule has 0 radical (unpaired) electrons. The van der Waals surface area contributed by atoms with Crippen LogP contribution in [0.4, 0.5) is 0 Å². The van der Waals surface area contributed by atoms with Crippen LogP contribution in [0.15, 0.2) is 23.1 Å². The Bertz CT molecular complexity index is 625. The van der Waals surface area contributed by atoms with Gasteiger partial charge in [-0.2, -0.15) is 4.31 Å². The van der Waals surface area contributed by atoms with Crippen molar-refractivity contribution in [3.63, 3.8) is 0 Å². The first-order valence-corrected chi connectivity index (χ1v) is 8.24. The van der Waals surface area contributed by atoms with Crippen molar-refractivity contribution in [1.29, 1.82) is 0 Å². The van der Waals surface area contributed by atoms with Gasteiger partial charge in [-0.15, -0.1) is 0 Å². The van der Waals surface area contributed by atoms with Crippen LogP contribution >= 0.6 is 11.6 Å². The quantitative estimate of drug-likeness (QED) is 0.875. The van der Waals surface area contributed by atoms with Crippen LogP contribution in [0.5, 0.6) is 0 Å². The summed E-state index contributed by atoms with van der Waals surface area (Å²) in [7, 11) is -3.75. The molecule has 2 rings (SSSR count). The summed E-state index contributed by atoms with van der Waals surface area (Å²) < 4.78 is 26.7. The molecule has 1 aromatic carbocycles. The van der Waals surface area contributed by atoms with Gasteiger partial charge in [0.1, 0.15) is 4.90 Å². The molecule has 5 nitrogen and oxygen atoms in total. The van der Waals surface area contributed by atoms with Crippen molar-refractivity contribution in [2.45, 2.75) is 37.1 Å². The van der Waals surface area contributed by atoms with E-state index in [1.165, 1.54) is 16.4 Å². The van der Waals surface area contributed by atoms with E-state index in [2.05, 4.69) is 0 Å². The molecule has 1 saturated carbocycles. The number of halogens is 1. The van der Waals surface area contributed by atoms with Gasteiger partial charge >= 0.3 is 5.97 Å². The third-order valence-corrected chi connectivity index (χ3v) is 5.60. The van der Waals surface area contributed by atoms with Crippen LogP contribution in [-0.4, -0.2) is 36.4 Å². The SMILES string of the molecule is CCCN(C1CC1)S(=O)(=O)c1cc(C(=O)O)ccc1Cl. The largest absolute Gasteiger partial charge is 0.478 e. The smallest absolute Gasteiger partial charge is 0.335 e. The van der Waals surface area contributed by atoms with E-state index in [1.807, 2.05) is 6.92 Å². The van der Waals surface area contributed by atoms with Crippen LogP contribution in [0, 0.1) is 0 Å². The number of nitrogens with zero attached hydrogens (tertiary/aromatic N) is 1. The van der Waals surface area contributed by atoms with E-state index in [0.29, 0.717) is 13.0 Å². The predicted molar refractivity (Wildman–Crippen MR) is 75.6 cm³/mol. The highest BCUT2D eigenvalue weighted by atomic mass is 35.5. The Morgan fingerprint density at radius 2 is 2.10 bits per heavy atom. The lowest BCUT2D eigenvalue weighted by Crippen LogP contribution is -2.34. The first-order chi connectivity index (χ1) is 9.37. The third kappa shape index (κ3) is 2.97. The molecule has 110 valence electrons. The highest BCUT2D eigenvalue weighted by molar-refractivity contribution is 7.89. The average molecular weight is 318 g/mol. The number of benzene rings is 1. The highest BCUT2D eigenvalue weighted by Crippen LogP contribution is 2.34. The molecular formula is C13H16ClNO4S. The molecule has 0 aliphatic heterocycles. The molecule has 0 amide bonds. The summed E-state index contributed by atoms with van der Waals surface area (Å²) >= 11 is 5.96. The molecule has 0 spiro atoms. The molecule has 7 heteroatoms. The Kier molecular flexibility index (Phi) is 4.36. The predicted octanol–water partition coefficient (Wildman–Crippen LogP) is 2.60. The van der Waals surface area contributed by atoms with Crippen LogP contribution in [0.25, 0.3) is 0 Å². The molecule has 0 heterocycles. The Labute approximate surface area is 123 Å². The fourth-order valence-electron chi connectivity index (χ4n) is 2.04. The number of carboxylic acids is 1. The summed E-state index contributed by atoms with van der Waals surface area (Å²) in [5, 5.41) is 9.03. The molecule has 1 N–H and O–H groups in total. The number of aromatic carboxylic acids is 1. The van der Waals surface area contributed by atoms with E-state index in [0.717, 1.165) is 18.9 Å². The highest BCUT2D eigenvalue weighted by Gasteiger charge is 2.38. The molecule has 1 aliphatic carbocycles. The van der Waals surface area contributed by atoms with Gasteiger partial charge in [-0.05, 0) is 37.5 Å². The van der Waals surface area contributed by atoms with Gasteiger partial charge in [-0.3, -0.25) is 0 Å². The van der Waals surface area contributed by atoms with Crippen molar-refractivity contribution >= 4 is 27.6 Å². The van der Waals surface area contributed by atoms with Gasteiger partial charge in [0.15, 0.2) is 0 Å². The molecule has 0 bridgehead atoms. The van der Waals surface area contributed by atoms with E-state index < -0.39 is 16.0 Å². The van der Waals surface area contributed by atoms with Crippen LogP contribution in [0.3, 0.4) is 0 Å². The summed E-state index contributed by atoms with van der Waals surface area (Å²) in [6.45, 7) is 2.32. The zero-order valence-electron chi connectivity index (χ0n) is 11.0. The maximum Gasteiger partial charge on any atom is 0.335 e. The van der Waals surface area contributed by atoms with Crippen molar-refractivity contribution in [3.8, 4) is 0 Å². The van der Waals surface area contributed by atoms with Crippen molar-refractivity contribution < 1.29 is 18.3 Å². The average Bonchev–Trinajstić information content (AvgIpc) is 3.19. The van der Waals surface area contributed by atoms with E-state index in [4.69, 9.17) is 16.7 Å². The van der Waals surface area contributed by atoms with Gasteiger partial charge in [-0.1, -0.05) is 18.5 Å². The second-order valence-corrected chi connectivity index (χ2v) is 7.06. The molecule has 1 aliphatic rings. The van der Waals surface area contributed by atoms with Crippen molar-refractivity contribution in [2.75, 3.05) is 6.54 Å². The fourth-order valence-corrected chi connectivity index (χ4v) is 4.32. The molecular weight excluding hydrogens is 302 g/mol. The topological polar surface area (TPSA) is 74.7 Å². The molecule has 1 aromatic rings. The first-order valence-electron chi connectivity index (χ1n) is 6.42. The second-order valence-electron chi connectivity index (χ2n) is 4.80. The van der Waals surface area contributed by atoms with Crippen molar-refractivity contribution in [1.82, 2.24) is 4.31 Å². The van der Waals surface area contributed by atoms with Crippen molar-refractivity contribution in [3.05, 3.63) is 28.8 Å². The minimum atomic E-state index is -3.75. The Morgan fingerprint density at radius 3 is 2.60 bits per heavy atom. The zero-order chi connectivity index (χ0) is 14.9. The number of carboxylic acid groups (broad SMARTS) is 1. The molecule has 0 unspecified atom stereocenters. The Balaban J connectivity index is 2.47. The lowest BCUT2D eigenvalue weighted by molar-refractivity contribution is 0.0696. The molecule has 0 saturated heterocycles. The van der Waals surface area contributed by atoms with Crippen LogP contribution < -0.4 is 0 Å². The van der Waals surface area contributed by atoms with Gasteiger partial charge in [0, 0.05) is 12.6 Å². The van der Waals surface area contributed by atoms with E-state index >= 15 is 0 Å². The lowest BCUT2D eigenvalue weighted by Gasteiger charge is -2.22. The molecule has 1 fully saturated rings. The van der Waals surface area contributed by atoms with Crippen molar-refractivity contribution in [2.24, 2.45) is 0 Å². The van der Waals surface area contributed by atoms with Gasteiger partial charge in [0.2, 0.25) is 10.0 Å². The Hall–Kier alpha value is -1.11. The first kappa shape index (κ1) is 15.3. The number of carbonyl (C=O) groups is 1. The van der Waals surface area contributed by atoms with Crippen LogP contribution in [-0.2, 0) is 10.0 Å². The van der Waals surface area contributed by atoms with Gasteiger partial charge in [-0.25, -0.2) is 13.2 Å². The Morgan fingerprint density at radius 1 is 1.45 bits per heavy atom. The molecule has 0 atom stereocenters. The van der Waals surface area contributed by atoms with E-state index in [1.54, 1.807) is 0 Å². The number of rotatable bonds is 6. The minimum Gasteiger partial charge on any atom is -0.478 e. The maximum absolute atomic E-state index is 12.6. The fraction of sp³-hybridized carbons (Fsp3) is 0.462. The number of hydrogen-bond acceptors (Lipinski definition) is 3. The standard InChI is InChI=1S/C13H16ClNO4S/c1-2-7-15(10-4-5-10)20(18,19)12-8-9(13(16)17)3-6-11(12)14/h3,6,8,10H,2,4-5,7H2,1H3,(H,16,17). The summed E-state index contributed by atoms with van der Waals surface area (Å²) in [6.07, 6.45) is 2.39. The maximum atomic E-state index is 12.6. The summed E-state index contributed by atoms with van der Waals surface area (Å²) in [5.41, 5.74) is -0.0831. The van der Waals surface area contributed by atoms with Crippen LogP contribution in [0.2, 0.25) is 5.02 Å². The number of sulfonamides is 1. The van der Waals surface area contributed by atoms with E-state index in [9.17, 15) is 13.2 Å². The number of hydrogen-bond donors (Lipinski definition) is 1. The zero-order valence-corrected chi connectivity index (χ0v) is 12.6. The summed E-state index contributed by atoms with van der Waals surface area (Å²) in [4.78, 5) is 10.9. The normalized spacial score (nSPS) is 15.6. The second kappa shape index (κ2) is 5.71. The molecule has 0 aromatic heterocycles. The lowest BCUT2D eigenvalue weighted by atomic mass is 10.2. The minimum absolute atomic E-state index is 0.0181. The molecule has 20 heavy (non-hydrogen) atoms. The van der Waals surface area contributed by atoms with Gasteiger partial charge in [0.05, 0.1) is 10.6 Å². The van der Waals surface area contributed by atoms with Crippen LogP contribution in [0.1, 0.15) is 36.5 Å². The van der Waals surface area contributed by atoms with Gasteiger partial charge < -0.3 is 5.11 Å². The summed E-state index contributed by atoms with van der Waals surface area (Å²) in [6, 6.07) is 3.76. The monoisotopic (exact) mass is 317 g/mol. The third-order valence-electron chi connectivity index (χ3n) is 3.16. The summed E-state index contributed by atoms with van der Waals surface area (Å²) in [5.74, 6) is -1.17. The van der Waals surface area contributed by atoms with Gasteiger partial charge in [0.25, 0.3) is 0 Å².